The van der Waals surface area contributed by atoms with E-state index in [1.54, 1.807) is 0 Å². The predicted octanol–water partition coefficient (Wildman–Crippen LogP) is 4.55. The van der Waals surface area contributed by atoms with Crippen LogP contribution in [0.4, 0.5) is 4.39 Å². The van der Waals surface area contributed by atoms with Gasteiger partial charge in [0.15, 0.2) is 0 Å². The molecule has 1 aromatic rings. The summed E-state index contributed by atoms with van der Waals surface area (Å²) in [6.45, 7) is 5.68. The Morgan fingerprint density at radius 2 is 1.81 bits per heavy atom. The van der Waals surface area contributed by atoms with Crippen LogP contribution in [0, 0.1) is 6.92 Å². The molecular weight excluding hydrogens is 199 g/mol. The molecule has 0 heterocycles. The third-order valence-electron chi connectivity index (χ3n) is 3.73. The lowest BCUT2D eigenvalue weighted by atomic mass is 9.77. The van der Waals surface area contributed by atoms with E-state index in [9.17, 15) is 4.39 Å². The maximum atomic E-state index is 13.9. The average molecular weight is 218 g/mol. The number of hydrogen-bond donors (Lipinski definition) is 0. The first-order valence-electron chi connectivity index (χ1n) is 6.02. The maximum absolute atomic E-state index is 13.9. The molecule has 1 saturated carbocycles. The summed E-state index contributed by atoms with van der Waals surface area (Å²) in [5, 5.41) is 0. The van der Waals surface area contributed by atoms with Gasteiger partial charge in [0.25, 0.3) is 0 Å². The molecule has 0 aliphatic heterocycles. The summed E-state index contributed by atoms with van der Waals surface area (Å²) in [4.78, 5) is 0. The van der Waals surface area contributed by atoms with Gasteiger partial charge in [0.1, 0.15) is 5.67 Å². The first kappa shape index (κ1) is 11.4. The van der Waals surface area contributed by atoms with Gasteiger partial charge < -0.3 is 0 Å². The number of aryl methyl sites for hydroxylation is 1. The van der Waals surface area contributed by atoms with Gasteiger partial charge in [-0.05, 0) is 44.1 Å². The van der Waals surface area contributed by atoms with Crippen molar-refractivity contribution in [3.63, 3.8) is 0 Å². The van der Waals surface area contributed by atoms with Crippen molar-refractivity contribution in [2.24, 2.45) is 0 Å². The van der Waals surface area contributed by atoms with Crippen molar-refractivity contribution < 1.29 is 4.39 Å². The Morgan fingerprint density at radius 3 is 2.31 bits per heavy atom. The van der Waals surface area contributed by atoms with E-state index in [1.165, 1.54) is 17.2 Å². The van der Waals surface area contributed by atoms with Gasteiger partial charge in [-0.15, -0.1) is 0 Å². The number of benzene rings is 1. The molecule has 0 saturated heterocycles. The maximum Gasteiger partial charge on any atom is 0.128 e. The predicted molar refractivity (Wildman–Crippen MR) is 66.4 cm³/mol. The van der Waals surface area contributed by atoms with Crippen molar-refractivity contribution in [3.05, 3.63) is 48.0 Å². The van der Waals surface area contributed by atoms with Gasteiger partial charge in [-0.3, -0.25) is 0 Å². The number of halogens is 1. The Morgan fingerprint density at radius 1 is 1.25 bits per heavy atom. The lowest BCUT2D eigenvalue weighted by Gasteiger charge is -2.31. The first-order chi connectivity index (χ1) is 7.63. The van der Waals surface area contributed by atoms with E-state index >= 15 is 0 Å². The van der Waals surface area contributed by atoms with E-state index in [-0.39, 0.29) is 0 Å². The molecule has 1 aromatic carbocycles. The topological polar surface area (TPSA) is 0 Å². The summed E-state index contributed by atoms with van der Waals surface area (Å²) in [6.07, 6.45) is 4.60. The van der Waals surface area contributed by atoms with Crippen LogP contribution < -0.4 is 0 Å². The van der Waals surface area contributed by atoms with Crippen molar-refractivity contribution >= 4 is 0 Å². The molecule has 1 aliphatic rings. The van der Waals surface area contributed by atoms with E-state index in [2.05, 4.69) is 37.8 Å². The monoisotopic (exact) mass is 218 g/mol. The van der Waals surface area contributed by atoms with Crippen LogP contribution in [0.3, 0.4) is 0 Å². The molecule has 1 heteroatoms. The van der Waals surface area contributed by atoms with E-state index in [0.717, 1.165) is 12.8 Å². The summed E-state index contributed by atoms with van der Waals surface area (Å²) >= 11 is 0. The van der Waals surface area contributed by atoms with E-state index in [1.807, 2.05) is 0 Å². The second-order valence-electron chi connectivity index (χ2n) is 4.92. The number of allylic oxidation sites excluding steroid dienone is 1. The van der Waals surface area contributed by atoms with Crippen molar-refractivity contribution in [2.45, 2.75) is 44.2 Å². The van der Waals surface area contributed by atoms with Gasteiger partial charge in [0, 0.05) is 0 Å². The summed E-state index contributed by atoms with van der Waals surface area (Å²) in [6, 6.07) is 8.64. The Balaban J connectivity index is 2.04. The van der Waals surface area contributed by atoms with Crippen molar-refractivity contribution in [2.75, 3.05) is 0 Å². The summed E-state index contributed by atoms with van der Waals surface area (Å²) in [7, 11) is 0. The molecule has 1 fully saturated rings. The Kier molecular flexibility index (Phi) is 3.13. The van der Waals surface area contributed by atoms with Gasteiger partial charge in [-0.1, -0.05) is 42.5 Å². The highest BCUT2D eigenvalue weighted by atomic mass is 19.1. The highest BCUT2D eigenvalue weighted by Gasteiger charge is 2.32. The molecule has 0 nitrogen and oxygen atoms in total. The first-order valence-corrected chi connectivity index (χ1v) is 6.02. The van der Waals surface area contributed by atoms with Crippen molar-refractivity contribution in [1.29, 1.82) is 0 Å². The minimum absolute atomic E-state index is 0.532. The Bertz CT molecular complexity index is 356. The van der Waals surface area contributed by atoms with E-state index in [0.29, 0.717) is 18.8 Å². The molecule has 0 amide bonds. The van der Waals surface area contributed by atoms with Crippen LogP contribution in [0.25, 0.3) is 0 Å². The molecule has 0 N–H and O–H groups in total. The van der Waals surface area contributed by atoms with Crippen LogP contribution in [0.15, 0.2) is 36.9 Å². The zero-order chi connectivity index (χ0) is 11.6. The molecule has 0 aromatic heterocycles. The van der Waals surface area contributed by atoms with Crippen molar-refractivity contribution in [1.82, 2.24) is 0 Å². The summed E-state index contributed by atoms with van der Waals surface area (Å²) < 4.78 is 13.9. The number of rotatable bonds is 2. The third-order valence-corrected chi connectivity index (χ3v) is 3.73. The fourth-order valence-electron chi connectivity index (χ4n) is 2.47. The molecule has 2 rings (SSSR count). The summed E-state index contributed by atoms with van der Waals surface area (Å²) in [5.74, 6) is 0.532. The largest absolute Gasteiger partial charge is 0.239 e. The molecule has 86 valence electrons. The van der Waals surface area contributed by atoms with Gasteiger partial charge >= 0.3 is 0 Å². The molecule has 0 unspecified atom stereocenters. The smallest absolute Gasteiger partial charge is 0.128 e. The second-order valence-corrected chi connectivity index (χ2v) is 4.92. The molecule has 0 atom stereocenters. The van der Waals surface area contributed by atoms with Crippen LogP contribution >= 0.6 is 0 Å². The minimum atomic E-state index is -1.11. The zero-order valence-electron chi connectivity index (χ0n) is 9.88. The number of hydrogen-bond acceptors (Lipinski definition) is 0. The van der Waals surface area contributed by atoms with Crippen molar-refractivity contribution in [3.8, 4) is 0 Å². The Hall–Kier alpha value is -1.11. The lowest BCUT2D eigenvalue weighted by molar-refractivity contribution is 0.152. The van der Waals surface area contributed by atoms with Gasteiger partial charge in [-0.2, -0.15) is 0 Å². The quantitative estimate of drug-likeness (QED) is 0.639. The molecule has 1 aliphatic carbocycles. The van der Waals surface area contributed by atoms with Crippen LogP contribution in [0.2, 0.25) is 0 Å². The normalized spacial score (nSPS) is 30.0. The molecule has 16 heavy (non-hydrogen) atoms. The highest BCUT2D eigenvalue weighted by Crippen LogP contribution is 2.40. The van der Waals surface area contributed by atoms with Crippen LogP contribution in [0.1, 0.15) is 42.7 Å². The molecule has 0 bridgehead atoms. The van der Waals surface area contributed by atoms with Gasteiger partial charge in [0.2, 0.25) is 0 Å². The average Bonchev–Trinajstić information content (AvgIpc) is 2.32. The molecular formula is C15H19F. The zero-order valence-corrected chi connectivity index (χ0v) is 9.88. The fourth-order valence-corrected chi connectivity index (χ4v) is 2.47. The summed E-state index contributed by atoms with van der Waals surface area (Å²) in [5.41, 5.74) is 1.53. The van der Waals surface area contributed by atoms with Gasteiger partial charge in [-0.25, -0.2) is 4.39 Å². The number of alkyl halides is 1. The lowest BCUT2D eigenvalue weighted by Crippen LogP contribution is -2.26. The van der Waals surface area contributed by atoms with Crippen LogP contribution in [-0.2, 0) is 0 Å². The Labute approximate surface area is 97.2 Å². The fraction of sp³-hybridized carbons (Fsp3) is 0.467. The third kappa shape index (κ3) is 2.34. The minimum Gasteiger partial charge on any atom is -0.239 e. The van der Waals surface area contributed by atoms with E-state index in [4.69, 9.17) is 0 Å². The molecule has 0 radical (unpaired) electrons. The highest BCUT2D eigenvalue weighted by molar-refractivity contribution is 5.25. The van der Waals surface area contributed by atoms with Gasteiger partial charge in [0.05, 0.1) is 0 Å². The van der Waals surface area contributed by atoms with Crippen LogP contribution in [-0.4, -0.2) is 5.67 Å². The standard InChI is InChI=1S/C15H19F/c1-3-15(16)10-8-14(9-11-15)13-6-4-12(2)5-7-13/h3-7,14H,1,8-11H2,2H3. The second kappa shape index (κ2) is 4.40. The van der Waals surface area contributed by atoms with Crippen LogP contribution in [0.5, 0.6) is 0 Å². The SMILES string of the molecule is C=CC1(F)CCC(c2ccc(C)cc2)CC1. The molecule has 0 spiro atoms. The van der Waals surface area contributed by atoms with E-state index < -0.39 is 5.67 Å².